The van der Waals surface area contributed by atoms with Gasteiger partial charge in [-0.05, 0) is 11.8 Å². The van der Waals surface area contributed by atoms with Crippen LogP contribution in [0.1, 0.15) is 27.2 Å². The van der Waals surface area contributed by atoms with Crippen molar-refractivity contribution in [1.82, 2.24) is 10.2 Å². The minimum Gasteiger partial charge on any atom is -0.411 e. The summed E-state index contributed by atoms with van der Waals surface area (Å²) in [7, 11) is 0. The maximum Gasteiger partial charge on any atom is 0.315 e. The lowest BCUT2D eigenvalue weighted by molar-refractivity contribution is 0.372. The monoisotopic (exact) mass is 169 g/mol. The van der Waals surface area contributed by atoms with E-state index in [0.717, 1.165) is 13.0 Å². The molecule has 0 bridgehead atoms. The molecule has 1 rings (SSSR count). The second-order valence-corrected chi connectivity index (χ2v) is 3.62. The molecule has 1 N–H and O–H groups in total. The van der Waals surface area contributed by atoms with Crippen LogP contribution >= 0.6 is 0 Å². The fourth-order valence-electron chi connectivity index (χ4n) is 0.690. The lowest BCUT2D eigenvalue weighted by atomic mass is 9.90. The molecule has 4 heteroatoms. The van der Waals surface area contributed by atoms with Gasteiger partial charge >= 0.3 is 6.01 Å². The zero-order valence-corrected chi connectivity index (χ0v) is 7.79. The molecule has 0 aliphatic heterocycles. The largest absolute Gasteiger partial charge is 0.411 e. The Hall–Kier alpha value is -1.06. The van der Waals surface area contributed by atoms with Crippen LogP contribution in [-0.2, 0) is 0 Å². The smallest absolute Gasteiger partial charge is 0.315 e. The molecule has 12 heavy (non-hydrogen) atoms. The average Bonchev–Trinajstić information content (AvgIpc) is 2.53. The molecule has 0 radical (unpaired) electrons. The lowest BCUT2D eigenvalue weighted by Gasteiger charge is -2.21. The summed E-state index contributed by atoms with van der Waals surface area (Å²) < 4.78 is 4.94. The predicted molar refractivity (Wildman–Crippen MR) is 46.9 cm³/mol. The highest BCUT2D eigenvalue weighted by Crippen LogP contribution is 2.19. The Morgan fingerprint density at radius 3 is 2.83 bits per heavy atom. The van der Waals surface area contributed by atoms with E-state index in [-0.39, 0.29) is 5.41 Å². The van der Waals surface area contributed by atoms with Crippen molar-refractivity contribution >= 4 is 6.01 Å². The highest BCUT2D eigenvalue weighted by Gasteiger charge is 2.15. The second-order valence-electron chi connectivity index (χ2n) is 3.62. The Labute approximate surface area is 72.4 Å². The van der Waals surface area contributed by atoms with Crippen molar-refractivity contribution in [1.29, 1.82) is 0 Å². The van der Waals surface area contributed by atoms with E-state index in [4.69, 9.17) is 4.42 Å². The van der Waals surface area contributed by atoms with E-state index < -0.39 is 0 Å². The molecule has 0 fully saturated rings. The van der Waals surface area contributed by atoms with Crippen LogP contribution in [0.2, 0.25) is 0 Å². The van der Waals surface area contributed by atoms with Gasteiger partial charge < -0.3 is 9.73 Å². The Balaban J connectivity index is 2.36. The maximum atomic E-state index is 4.94. The standard InChI is InChI=1S/C8H15N3O/c1-4-8(2,3)5-9-7-11-10-6-12-7/h6H,4-5H2,1-3H3,(H,9,11). The molecule has 1 aromatic rings. The third-order valence-corrected chi connectivity index (χ3v) is 2.04. The van der Waals surface area contributed by atoms with Crippen LogP contribution in [0.3, 0.4) is 0 Å². The van der Waals surface area contributed by atoms with E-state index in [2.05, 4.69) is 36.3 Å². The lowest BCUT2D eigenvalue weighted by Crippen LogP contribution is -2.22. The van der Waals surface area contributed by atoms with E-state index in [1.54, 1.807) is 0 Å². The van der Waals surface area contributed by atoms with E-state index in [1.165, 1.54) is 6.39 Å². The Bertz CT molecular complexity index is 218. The number of nitrogens with zero attached hydrogens (tertiary/aromatic N) is 2. The van der Waals surface area contributed by atoms with Crippen molar-refractivity contribution in [3.05, 3.63) is 6.39 Å². The summed E-state index contributed by atoms with van der Waals surface area (Å²) in [5.74, 6) is 0. The van der Waals surface area contributed by atoms with Crippen LogP contribution in [0.15, 0.2) is 10.8 Å². The van der Waals surface area contributed by atoms with E-state index >= 15 is 0 Å². The zero-order valence-electron chi connectivity index (χ0n) is 7.79. The topological polar surface area (TPSA) is 51.0 Å². The molecule has 4 nitrogen and oxygen atoms in total. The molecule has 0 amide bonds. The summed E-state index contributed by atoms with van der Waals surface area (Å²) >= 11 is 0. The van der Waals surface area contributed by atoms with Gasteiger partial charge in [-0.1, -0.05) is 25.9 Å². The van der Waals surface area contributed by atoms with Crippen molar-refractivity contribution in [2.45, 2.75) is 27.2 Å². The van der Waals surface area contributed by atoms with Crippen LogP contribution in [0.4, 0.5) is 6.01 Å². The third kappa shape index (κ3) is 2.53. The third-order valence-electron chi connectivity index (χ3n) is 2.04. The Morgan fingerprint density at radius 1 is 1.58 bits per heavy atom. The molecule has 1 heterocycles. The fraction of sp³-hybridized carbons (Fsp3) is 0.750. The average molecular weight is 169 g/mol. The summed E-state index contributed by atoms with van der Waals surface area (Å²) in [6, 6.07) is 0.497. The van der Waals surface area contributed by atoms with Gasteiger partial charge in [0.15, 0.2) is 0 Å². The number of hydrogen-bond donors (Lipinski definition) is 1. The molecular weight excluding hydrogens is 154 g/mol. The highest BCUT2D eigenvalue weighted by atomic mass is 16.4. The molecular formula is C8H15N3O. The summed E-state index contributed by atoms with van der Waals surface area (Å²) in [5.41, 5.74) is 0.272. The van der Waals surface area contributed by atoms with Crippen molar-refractivity contribution < 1.29 is 4.42 Å². The molecule has 1 aromatic heterocycles. The van der Waals surface area contributed by atoms with Gasteiger partial charge in [0.1, 0.15) is 0 Å². The van der Waals surface area contributed by atoms with Crippen LogP contribution in [-0.4, -0.2) is 16.7 Å². The number of aromatic nitrogens is 2. The van der Waals surface area contributed by atoms with Crippen LogP contribution in [0, 0.1) is 5.41 Å². The molecule has 0 aliphatic rings. The van der Waals surface area contributed by atoms with E-state index in [1.807, 2.05) is 0 Å². The summed E-state index contributed by atoms with van der Waals surface area (Å²) in [6.07, 6.45) is 2.44. The first-order chi connectivity index (χ1) is 5.64. The Morgan fingerprint density at radius 2 is 2.33 bits per heavy atom. The quantitative estimate of drug-likeness (QED) is 0.748. The van der Waals surface area contributed by atoms with Crippen molar-refractivity contribution in [3.63, 3.8) is 0 Å². The van der Waals surface area contributed by atoms with Gasteiger partial charge in [-0.3, -0.25) is 0 Å². The minimum absolute atomic E-state index is 0.272. The predicted octanol–water partition coefficient (Wildman–Crippen LogP) is 1.92. The fourth-order valence-corrected chi connectivity index (χ4v) is 0.690. The SMILES string of the molecule is CCC(C)(C)CNc1nnco1. The zero-order chi connectivity index (χ0) is 9.03. The Kier molecular flexibility index (Phi) is 2.68. The number of nitrogens with one attached hydrogen (secondary N) is 1. The first kappa shape index (κ1) is 9.03. The summed E-state index contributed by atoms with van der Waals surface area (Å²) in [6.45, 7) is 7.40. The second kappa shape index (κ2) is 3.56. The van der Waals surface area contributed by atoms with Gasteiger partial charge in [-0.2, -0.15) is 0 Å². The minimum atomic E-state index is 0.272. The maximum absolute atomic E-state index is 4.94. The first-order valence-corrected chi connectivity index (χ1v) is 4.14. The molecule has 0 unspecified atom stereocenters. The van der Waals surface area contributed by atoms with Crippen LogP contribution < -0.4 is 5.32 Å². The summed E-state index contributed by atoms with van der Waals surface area (Å²) in [4.78, 5) is 0. The highest BCUT2D eigenvalue weighted by molar-refractivity contribution is 5.15. The van der Waals surface area contributed by atoms with Gasteiger partial charge in [-0.25, -0.2) is 0 Å². The van der Waals surface area contributed by atoms with Gasteiger partial charge in [0, 0.05) is 6.54 Å². The van der Waals surface area contributed by atoms with Crippen LogP contribution in [0.5, 0.6) is 0 Å². The summed E-state index contributed by atoms with van der Waals surface area (Å²) in [5, 5.41) is 10.4. The van der Waals surface area contributed by atoms with Gasteiger partial charge in [-0.15, -0.1) is 5.10 Å². The molecule has 0 aromatic carbocycles. The van der Waals surface area contributed by atoms with Crippen LogP contribution in [0.25, 0.3) is 0 Å². The number of rotatable bonds is 4. The molecule has 0 saturated heterocycles. The normalized spacial score (nSPS) is 11.6. The van der Waals surface area contributed by atoms with Gasteiger partial charge in [0.05, 0.1) is 0 Å². The van der Waals surface area contributed by atoms with Gasteiger partial charge in [0.2, 0.25) is 6.39 Å². The van der Waals surface area contributed by atoms with E-state index in [9.17, 15) is 0 Å². The number of anilines is 1. The molecule has 68 valence electrons. The molecule has 0 atom stereocenters. The first-order valence-electron chi connectivity index (χ1n) is 4.14. The van der Waals surface area contributed by atoms with E-state index in [0.29, 0.717) is 6.01 Å². The molecule has 0 saturated carbocycles. The number of hydrogen-bond acceptors (Lipinski definition) is 4. The van der Waals surface area contributed by atoms with Crippen molar-refractivity contribution in [3.8, 4) is 0 Å². The van der Waals surface area contributed by atoms with Gasteiger partial charge in [0.25, 0.3) is 0 Å². The molecule has 0 spiro atoms. The van der Waals surface area contributed by atoms with Crippen molar-refractivity contribution in [2.75, 3.05) is 11.9 Å². The molecule has 0 aliphatic carbocycles. The van der Waals surface area contributed by atoms with Crippen molar-refractivity contribution in [2.24, 2.45) is 5.41 Å².